The Labute approximate surface area is 169 Å². The first-order chi connectivity index (χ1) is 14.2. The molecule has 1 fully saturated rings. The molecule has 1 atom stereocenters. The highest BCUT2D eigenvalue weighted by Crippen LogP contribution is 2.22. The summed E-state index contributed by atoms with van der Waals surface area (Å²) >= 11 is 0. The van der Waals surface area contributed by atoms with E-state index in [-0.39, 0.29) is 17.8 Å². The molecule has 1 aliphatic rings. The number of ether oxygens (including phenoxy) is 1. The third-order valence-corrected chi connectivity index (χ3v) is 5.26. The van der Waals surface area contributed by atoms with Crippen LogP contribution in [-0.4, -0.2) is 25.5 Å². The van der Waals surface area contributed by atoms with Crippen LogP contribution in [0.25, 0.3) is 0 Å². The van der Waals surface area contributed by atoms with Crippen molar-refractivity contribution >= 4 is 5.91 Å². The highest BCUT2D eigenvalue weighted by molar-refractivity contribution is 5.94. The van der Waals surface area contributed by atoms with Gasteiger partial charge in [-0.3, -0.25) is 4.79 Å². The Kier molecular flexibility index (Phi) is 5.91. The number of carbonyl (C=O) groups excluding carboxylic acids is 1. The number of carbonyl (C=O) groups is 1. The van der Waals surface area contributed by atoms with Gasteiger partial charge in [0.1, 0.15) is 17.3 Å². The molecule has 2 aromatic carbocycles. The minimum absolute atomic E-state index is 0.123. The topological polar surface area (TPSA) is 55.9 Å². The number of quaternary nitrogens is 1. The molecule has 5 nitrogen and oxygen atoms in total. The van der Waals surface area contributed by atoms with Gasteiger partial charge >= 0.3 is 0 Å². The lowest BCUT2D eigenvalue weighted by Crippen LogP contribution is -3.11. The third kappa shape index (κ3) is 4.84. The van der Waals surface area contributed by atoms with Crippen molar-refractivity contribution in [3.05, 3.63) is 84.1 Å². The van der Waals surface area contributed by atoms with Gasteiger partial charge in [0.05, 0.1) is 25.9 Å². The van der Waals surface area contributed by atoms with E-state index in [1.807, 2.05) is 12.1 Å². The lowest BCUT2D eigenvalue weighted by Gasteiger charge is -2.23. The van der Waals surface area contributed by atoms with Crippen LogP contribution >= 0.6 is 0 Å². The zero-order valence-corrected chi connectivity index (χ0v) is 16.1. The lowest BCUT2D eigenvalue weighted by molar-refractivity contribution is -0.919. The summed E-state index contributed by atoms with van der Waals surface area (Å²) in [5.41, 5.74) is 0.561. The van der Waals surface area contributed by atoms with Crippen molar-refractivity contribution in [2.75, 3.05) is 19.6 Å². The largest absolute Gasteiger partial charge is 0.463 e. The van der Waals surface area contributed by atoms with E-state index >= 15 is 0 Å². The van der Waals surface area contributed by atoms with E-state index in [0.29, 0.717) is 23.6 Å². The highest BCUT2D eigenvalue weighted by atomic mass is 19.1. The minimum atomic E-state index is -0.312. The van der Waals surface area contributed by atoms with Crippen molar-refractivity contribution in [2.24, 2.45) is 0 Å². The van der Waals surface area contributed by atoms with Crippen molar-refractivity contribution in [3.8, 4) is 11.5 Å². The van der Waals surface area contributed by atoms with Crippen molar-refractivity contribution in [1.29, 1.82) is 0 Å². The molecule has 1 saturated heterocycles. The predicted molar refractivity (Wildman–Crippen MR) is 107 cm³/mol. The Balaban J connectivity index is 1.36. The number of nitrogens with one attached hydrogen (secondary N) is 2. The van der Waals surface area contributed by atoms with Gasteiger partial charge in [0.15, 0.2) is 11.8 Å². The monoisotopic (exact) mass is 395 g/mol. The Morgan fingerprint density at radius 2 is 1.69 bits per heavy atom. The average Bonchev–Trinajstić information content (AvgIpc) is 3.45. The maximum absolute atomic E-state index is 13.0. The second-order valence-electron chi connectivity index (χ2n) is 7.22. The molecule has 0 spiro atoms. The molecular formula is C23H24FN2O3+. The molecule has 0 saturated carbocycles. The van der Waals surface area contributed by atoms with Crippen LogP contribution in [-0.2, 0) is 0 Å². The molecule has 150 valence electrons. The van der Waals surface area contributed by atoms with E-state index in [1.165, 1.54) is 29.9 Å². The van der Waals surface area contributed by atoms with Gasteiger partial charge in [0, 0.05) is 18.4 Å². The summed E-state index contributed by atoms with van der Waals surface area (Å²) in [6.45, 7) is 2.71. The molecule has 29 heavy (non-hydrogen) atoms. The number of furan rings is 1. The van der Waals surface area contributed by atoms with Gasteiger partial charge in [0.2, 0.25) is 0 Å². The van der Waals surface area contributed by atoms with E-state index < -0.39 is 0 Å². The second-order valence-corrected chi connectivity index (χ2v) is 7.22. The molecule has 4 rings (SSSR count). The van der Waals surface area contributed by atoms with Crippen LogP contribution in [0.3, 0.4) is 0 Å². The smallest absolute Gasteiger partial charge is 0.251 e. The first-order valence-electron chi connectivity index (χ1n) is 9.89. The van der Waals surface area contributed by atoms with Gasteiger partial charge in [-0.2, -0.15) is 0 Å². The lowest BCUT2D eigenvalue weighted by atomic mass is 10.1. The molecule has 0 radical (unpaired) electrons. The fraction of sp³-hybridized carbons (Fsp3) is 0.261. The van der Waals surface area contributed by atoms with E-state index in [2.05, 4.69) is 5.32 Å². The number of benzene rings is 2. The number of hydrogen-bond acceptors (Lipinski definition) is 3. The fourth-order valence-electron chi connectivity index (χ4n) is 3.72. The van der Waals surface area contributed by atoms with Gasteiger partial charge in [-0.25, -0.2) is 4.39 Å². The minimum Gasteiger partial charge on any atom is -0.463 e. The average molecular weight is 395 g/mol. The zero-order valence-electron chi connectivity index (χ0n) is 16.1. The molecule has 0 aliphatic carbocycles. The molecule has 1 aromatic heterocycles. The Morgan fingerprint density at radius 1 is 1.03 bits per heavy atom. The molecule has 6 heteroatoms. The number of halogens is 1. The molecular weight excluding hydrogens is 371 g/mol. The summed E-state index contributed by atoms with van der Waals surface area (Å²) in [5, 5.41) is 3.04. The summed E-state index contributed by atoms with van der Waals surface area (Å²) in [6.07, 6.45) is 4.09. The summed E-state index contributed by atoms with van der Waals surface area (Å²) in [6, 6.07) is 16.7. The maximum Gasteiger partial charge on any atom is 0.251 e. The van der Waals surface area contributed by atoms with Crippen molar-refractivity contribution in [1.82, 2.24) is 5.32 Å². The second kappa shape index (κ2) is 8.92. The summed E-state index contributed by atoms with van der Waals surface area (Å²) in [5.74, 6) is 1.59. The molecule has 3 aromatic rings. The standard InChI is InChI=1S/C23H23FN2O3/c24-18-7-11-20(12-8-18)29-19-9-5-17(6-10-19)23(27)25-16-21(22-4-3-15-28-22)26-13-1-2-14-26/h3-12,15,21H,1-2,13-14,16H2,(H,25,27)/p+1/t21-/m0/s1. The van der Waals surface area contributed by atoms with Crippen molar-refractivity contribution < 1.29 is 23.2 Å². The van der Waals surface area contributed by atoms with Crippen LogP contribution in [0, 0.1) is 5.82 Å². The van der Waals surface area contributed by atoms with Gasteiger partial charge in [-0.1, -0.05) is 0 Å². The summed E-state index contributed by atoms with van der Waals surface area (Å²) in [4.78, 5) is 14.1. The number of likely N-dealkylation sites (tertiary alicyclic amines) is 1. The van der Waals surface area contributed by atoms with Gasteiger partial charge in [0.25, 0.3) is 5.91 Å². The Bertz CT molecular complexity index is 918. The summed E-state index contributed by atoms with van der Waals surface area (Å²) < 4.78 is 24.3. The van der Waals surface area contributed by atoms with Gasteiger partial charge < -0.3 is 19.4 Å². The maximum atomic E-state index is 13.0. The molecule has 0 unspecified atom stereocenters. The SMILES string of the molecule is O=C(NC[C@@H](c1ccco1)[NH+]1CCCC1)c1ccc(Oc2ccc(F)cc2)cc1. The fourth-order valence-corrected chi connectivity index (χ4v) is 3.72. The molecule has 1 aliphatic heterocycles. The number of hydrogen-bond donors (Lipinski definition) is 2. The highest BCUT2D eigenvalue weighted by Gasteiger charge is 2.29. The first-order valence-corrected chi connectivity index (χ1v) is 9.89. The quantitative estimate of drug-likeness (QED) is 0.645. The van der Waals surface area contributed by atoms with Crippen LogP contribution in [0.4, 0.5) is 4.39 Å². The first kappa shape index (κ1) is 19.2. The molecule has 0 bridgehead atoms. The summed E-state index contributed by atoms with van der Waals surface area (Å²) in [7, 11) is 0. The van der Waals surface area contributed by atoms with Crippen molar-refractivity contribution in [3.63, 3.8) is 0 Å². The molecule has 2 heterocycles. The van der Waals surface area contributed by atoms with E-state index in [9.17, 15) is 9.18 Å². The van der Waals surface area contributed by atoms with E-state index in [4.69, 9.17) is 9.15 Å². The van der Waals surface area contributed by atoms with Gasteiger partial charge in [-0.15, -0.1) is 0 Å². The van der Waals surface area contributed by atoms with Crippen LogP contribution in [0.2, 0.25) is 0 Å². The van der Waals surface area contributed by atoms with Crippen LogP contribution in [0.15, 0.2) is 71.3 Å². The molecule has 1 amide bonds. The normalized spacial score (nSPS) is 15.2. The van der Waals surface area contributed by atoms with Crippen molar-refractivity contribution in [2.45, 2.75) is 18.9 Å². The zero-order chi connectivity index (χ0) is 20.1. The van der Waals surface area contributed by atoms with Crippen LogP contribution in [0.1, 0.15) is 35.0 Å². The Morgan fingerprint density at radius 3 is 2.31 bits per heavy atom. The third-order valence-electron chi connectivity index (χ3n) is 5.26. The Hall–Kier alpha value is -3.12. The number of amides is 1. The number of rotatable bonds is 7. The van der Waals surface area contributed by atoms with Gasteiger partial charge in [-0.05, 0) is 60.7 Å². The van der Waals surface area contributed by atoms with Crippen LogP contribution < -0.4 is 15.0 Å². The predicted octanol–water partition coefficient (Wildman–Crippen LogP) is 3.36. The van der Waals surface area contributed by atoms with Crippen LogP contribution in [0.5, 0.6) is 11.5 Å². The molecule has 2 N–H and O–H groups in total. The van der Waals surface area contributed by atoms with E-state index in [1.54, 1.807) is 42.7 Å². The van der Waals surface area contributed by atoms with E-state index in [0.717, 1.165) is 18.8 Å².